The van der Waals surface area contributed by atoms with E-state index in [1.54, 1.807) is 0 Å². The van der Waals surface area contributed by atoms with E-state index in [-0.39, 0.29) is 12.3 Å². The normalized spacial score (nSPS) is 23.9. The fourth-order valence-electron chi connectivity index (χ4n) is 3.56. The van der Waals surface area contributed by atoms with Crippen LogP contribution in [0.15, 0.2) is 0 Å². The molecule has 124 valence electrons. The van der Waals surface area contributed by atoms with Crippen LogP contribution in [-0.4, -0.2) is 53.2 Å². The summed E-state index contributed by atoms with van der Waals surface area (Å²) in [6.07, 6.45) is 5.23. The predicted molar refractivity (Wildman–Crippen MR) is 78.3 cm³/mol. The minimum Gasteiger partial charge on any atom is -0.480 e. The molecule has 0 aromatic carbocycles. The maximum Gasteiger partial charge on any atom is 0.407 e. The van der Waals surface area contributed by atoms with E-state index in [0.717, 1.165) is 32.1 Å². The van der Waals surface area contributed by atoms with Gasteiger partial charge in [-0.2, -0.15) is 0 Å². The predicted octanol–water partition coefficient (Wildman–Crippen LogP) is 1.51. The molecule has 22 heavy (non-hydrogen) atoms. The lowest BCUT2D eigenvalue weighted by atomic mass is 9.79. The third kappa shape index (κ3) is 3.69. The van der Waals surface area contributed by atoms with E-state index >= 15 is 0 Å². The van der Waals surface area contributed by atoms with Crippen LogP contribution in [0, 0.1) is 0 Å². The van der Waals surface area contributed by atoms with Crippen molar-refractivity contribution in [2.45, 2.75) is 62.9 Å². The van der Waals surface area contributed by atoms with Gasteiger partial charge in [-0.15, -0.1) is 0 Å². The standard InChI is InChI=1S/C15H24N2O5/c1-22-14(21)16-15(7-3-2-4-8-15)10-12(18)17-9-5-6-11(17)13(19)20/h11H,2-10H2,1H3,(H,16,21)(H,19,20)/t11-/m0/s1. The number of methoxy groups -OCH3 is 1. The highest BCUT2D eigenvalue weighted by Gasteiger charge is 2.41. The summed E-state index contributed by atoms with van der Waals surface area (Å²) in [4.78, 5) is 36.9. The van der Waals surface area contributed by atoms with Gasteiger partial charge in [0.15, 0.2) is 0 Å². The van der Waals surface area contributed by atoms with Crippen molar-refractivity contribution in [3.63, 3.8) is 0 Å². The molecule has 1 atom stereocenters. The molecule has 7 heteroatoms. The molecule has 0 bridgehead atoms. The van der Waals surface area contributed by atoms with E-state index in [1.807, 2.05) is 0 Å². The molecule has 1 heterocycles. The number of ether oxygens (including phenoxy) is 1. The van der Waals surface area contributed by atoms with Crippen molar-refractivity contribution in [1.29, 1.82) is 0 Å². The van der Waals surface area contributed by atoms with Crippen molar-refractivity contribution in [2.75, 3.05) is 13.7 Å². The van der Waals surface area contributed by atoms with E-state index in [1.165, 1.54) is 12.0 Å². The molecular weight excluding hydrogens is 288 g/mol. The Bertz CT molecular complexity index is 445. The maximum absolute atomic E-state index is 12.6. The molecule has 7 nitrogen and oxygen atoms in total. The van der Waals surface area contributed by atoms with Crippen LogP contribution >= 0.6 is 0 Å². The third-order valence-electron chi connectivity index (χ3n) is 4.71. The molecule has 1 saturated heterocycles. The van der Waals surface area contributed by atoms with Gasteiger partial charge >= 0.3 is 12.1 Å². The minimum absolute atomic E-state index is 0.145. The van der Waals surface area contributed by atoms with Gasteiger partial charge < -0.3 is 20.1 Å². The number of nitrogens with zero attached hydrogens (tertiary/aromatic N) is 1. The first-order valence-electron chi connectivity index (χ1n) is 7.86. The lowest BCUT2D eigenvalue weighted by molar-refractivity contribution is -0.149. The number of carbonyl (C=O) groups is 3. The quantitative estimate of drug-likeness (QED) is 0.820. The molecule has 1 aliphatic carbocycles. The van der Waals surface area contributed by atoms with E-state index in [9.17, 15) is 19.5 Å². The van der Waals surface area contributed by atoms with Gasteiger partial charge in [0.05, 0.1) is 19.1 Å². The Morgan fingerprint density at radius 3 is 2.50 bits per heavy atom. The second-order valence-corrected chi connectivity index (χ2v) is 6.22. The van der Waals surface area contributed by atoms with Gasteiger partial charge in [-0.1, -0.05) is 19.3 Å². The molecule has 0 unspecified atom stereocenters. The Kier molecular flexibility index (Phi) is 5.26. The molecule has 0 radical (unpaired) electrons. The fraction of sp³-hybridized carbons (Fsp3) is 0.800. The SMILES string of the molecule is COC(=O)NC1(CC(=O)N2CCC[C@H]2C(=O)O)CCCCC1. The molecule has 2 rings (SSSR count). The summed E-state index contributed by atoms with van der Waals surface area (Å²) >= 11 is 0. The maximum atomic E-state index is 12.6. The summed E-state index contributed by atoms with van der Waals surface area (Å²) < 4.78 is 4.68. The number of carbonyl (C=O) groups excluding carboxylic acids is 2. The molecule has 2 N–H and O–H groups in total. The van der Waals surface area contributed by atoms with Crippen LogP contribution < -0.4 is 5.32 Å². The lowest BCUT2D eigenvalue weighted by Crippen LogP contribution is -2.53. The van der Waals surface area contributed by atoms with Crippen molar-refractivity contribution < 1.29 is 24.2 Å². The third-order valence-corrected chi connectivity index (χ3v) is 4.71. The minimum atomic E-state index is -0.954. The molecule has 1 aliphatic heterocycles. The highest BCUT2D eigenvalue weighted by atomic mass is 16.5. The molecular formula is C15H24N2O5. The smallest absolute Gasteiger partial charge is 0.407 e. The highest BCUT2D eigenvalue weighted by molar-refractivity contribution is 5.85. The van der Waals surface area contributed by atoms with Crippen LogP contribution in [0.3, 0.4) is 0 Å². The number of likely N-dealkylation sites (tertiary alicyclic amines) is 1. The summed E-state index contributed by atoms with van der Waals surface area (Å²) in [5.41, 5.74) is -0.603. The van der Waals surface area contributed by atoms with Gasteiger partial charge in [-0.25, -0.2) is 9.59 Å². The van der Waals surface area contributed by atoms with Crippen LogP contribution in [-0.2, 0) is 14.3 Å². The Balaban J connectivity index is 2.07. The fourth-order valence-corrected chi connectivity index (χ4v) is 3.56. The molecule has 2 amide bonds. The first-order chi connectivity index (χ1) is 10.5. The number of rotatable bonds is 4. The first kappa shape index (κ1) is 16.6. The summed E-state index contributed by atoms with van der Waals surface area (Å²) in [6.45, 7) is 0.476. The monoisotopic (exact) mass is 312 g/mol. The second kappa shape index (κ2) is 6.98. The number of carboxylic acids is 1. The van der Waals surface area contributed by atoms with Crippen molar-refractivity contribution in [2.24, 2.45) is 0 Å². The zero-order valence-corrected chi connectivity index (χ0v) is 13.0. The van der Waals surface area contributed by atoms with Gasteiger partial charge in [0, 0.05) is 6.54 Å². The Labute approximate surface area is 130 Å². The highest BCUT2D eigenvalue weighted by Crippen LogP contribution is 2.33. The number of aliphatic carboxylic acids is 1. The molecule has 1 saturated carbocycles. The zero-order chi connectivity index (χ0) is 16.2. The van der Waals surface area contributed by atoms with Crippen LogP contribution in [0.25, 0.3) is 0 Å². The van der Waals surface area contributed by atoms with Gasteiger partial charge in [0.1, 0.15) is 6.04 Å². The van der Waals surface area contributed by atoms with Crippen LogP contribution in [0.2, 0.25) is 0 Å². The van der Waals surface area contributed by atoms with Crippen LogP contribution in [0.5, 0.6) is 0 Å². The van der Waals surface area contributed by atoms with E-state index < -0.39 is 23.6 Å². The van der Waals surface area contributed by atoms with Gasteiger partial charge in [0.25, 0.3) is 0 Å². The lowest BCUT2D eigenvalue weighted by Gasteiger charge is -2.38. The number of amides is 2. The number of hydrogen-bond donors (Lipinski definition) is 2. The number of alkyl carbamates (subject to hydrolysis) is 1. The Hall–Kier alpha value is -1.79. The first-order valence-corrected chi connectivity index (χ1v) is 7.86. The molecule has 0 aromatic heterocycles. The topological polar surface area (TPSA) is 95.9 Å². The van der Waals surface area contributed by atoms with Gasteiger partial charge in [-0.05, 0) is 25.7 Å². The molecule has 0 spiro atoms. The number of carboxylic acid groups (broad SMARTS) is 1. The van der Waals surface area contributed by atoms with E-state index in [2.05, 4.69) is 10.1 Å². The molecule has 2 aliphatic rings. The van der Waals surface area contributed by atoms with Crippen LogP contribution in [0.4, 0.5) is 4.79 Å². The van der Waals surface area contributed by atoms with Crippen molar-refractivity contribution in [3.05, 3.63) is 0 Å². The largest absolute Gasteiger partial charge is 0.480 e. The molecule has 0 aromatic rings. The number of hydrogen-bond acceptors (Lipinski definition) is 4. The van der Waals surface area contributed by atoms with Crippen molar-refractivity contribution in [3.8, 4) is 0 Å². The summed E-state index contributed by atoms with van der Waals surface area (Å²) in [5, 5.41) is 12.0. The second-order valence-electron chi connectivity index (χ2n) is 6.22. The summed E-state index contributed by atoms with van der Waals surface area (Å²) in [5.74, 6) is -1.15. The summed E-state index contributed by atoms with van der Waals surface area (Å²) in [7, 11) is 1.30. The van der Waals surface area contributed by atoms with Gasteiger partial charge in [-0.3, -0.25) is 4.79 Å². The Morgan fingerprint density at radius 1 is 1.23 bits per heavy atom. The van der Waals surface area contributed by atoms with E-state index in [0.29, 0.717) is 19.4 Å². The van der Waals surface area contributed by atoms with E-state index in [4.69, 9.17) is 0 Å². The average Bonchev–Trinajstić information content (AvgIpc) is 2.97. The van der Waals surface area contributed by atoms with Crippen molar-refractivity contribution >= 4 is 18.0 Å². The van der Waals surface area contributed by atoms with Crippen molar-refractivity contribution in [1.82, 2.24) is 10.2 Å². The van der Waals surface area contributed by atoms with Gasteiger partial charge in [0.2, 0.25) is 5.91 Å². The summed E-state index contributed by atoms with van der Waals surface area (Å²) in [6, 6.07) is -0.730. The van der Waals surface area contributed by atoms with Crippen LogP contribution in [0.1, 0.15) is 51.4 Å². The Morgan fingerprint density at radius 2 is 1.91 bits per heavy atom. The average molecular weight is 312 g/mol. The zero-order valence-electron chi connectivity index (χ0n) is 13.0. The molecule has 2 fully saturated rings. The number of nitrogens with one attached hydrogen (secondary N) is 1.